The summed E-state index contributed by atoms with van der Waals surface area (Å²) in [5.41, 5.74) is 3.96. The van der Waals surface area contributed by atoms with Crippen LogP contribution in [0.1, 0.15) is 29.5 Å². The molecule has 22 heavy (non-hydrogen) atoms. The average Bonchev–Trinajstić information content (AvgIpc) is 2.56. The zero-order valence-electron chi connectivity index (χ0n) is 13.4. The molecule has 1 aromatic rings. The van der Waals surface area contributed by atoms with Crippen molar-refractivity contribution in [2.24, 2.45) is 5.92 Å². The SMILES string of the molecule is COCC1CCCN(C(=O)Cc2cccc3c2CCNC3)C1. The zero-order chi connectivity index (χ0) is 15.4. The molecule has 1 fully saturated rings. The lowest BCUT2D eigenvalue weighted by Gasteiger charge is -2.33. The van der Waals surface area contributed by atoms with Crippen LogP contribution >= 0.6 is 0 Å². The Labute approximate surface area is 132 Å². The van der Waals surface area contributed by atoms with Gasteiger partial charge in [0.05, 0.1) is 13.0 Å². The van der Waals surface area contributed by atoms with Crippen LogP contribution < -0.4 is 5.32 Å². The van der Waals surface area contributed by atoms with E-state index in [9.17, 15) is 4.79 Å². The summed E-state index contributed by atoms with van der Waals surface area (Å²) in [5.74, 6) is 0.768. The van der Waals surface area contributed by atoms with Gasteiger partial charge in [0.1, 0.15) is 0 Å². The second-order valence-electron chi connectivity index (χ2n) is 6.46. The number of nitrogens with zero attached hydrogens (tertiary/aromatic N) is 1. The van der Waals surface area contributed by atoms with Gasteiger partial charge in [-0.05, 0) is 48.4 Å². The number of amides is 1. The van der Waals surface area contributed by atoms with Crippen molar-refractivity contribution in [3.05, 3.63) is 34.9 Å². The predicted molar refractivity (Wildman–Crippen MR) is 86.7 cm³/mol. The van der Waals surface area contributed by atoms with Crippen LogP contribution in [0.4, 0.5) is 0 Å². The molecule has 120 valence electrons. The second-order valence-corrected chi connectivity index (χ2v) is 6.46. The van der Waals surface area contributed by atoms with E-state index in [1.807, 2.05) is 4.90 Å². The maximum absolute atomic E-state index is 12.7. The normalized spacial score (nSPS) is 21.5. The molecule has 1 amide bonds. The highest BCUT2D eigenvalue weighted by atomic mass is 16.5. The molecule has 0 spiro atoms. The predicted octanol–water partition coefficient (Wildman–Crippen LogP) is 1.76. The molecule has 2 aliphatic heterocycles. The lowest BCUT2D eigenvalue weighted by atomic mass is 9.93. The first-order valence-electron chi connectivity index (χ1n) is 8.35. The van der Waals surface area contributed by atoms with Crippen LogP contribution in [0.5, 0.6) is 0 Å². The van der Waals surface area contributed by atoms with Gasteiger partial charge in [0.2, 0.25) is 5.91 Å². The number of hydrogen-bond donors (Lipinski definition) is 1. The molecule has 1 aromatic carbocycles. The smallest absolute Gasteiger partial charge is 0.227 e. The molecule has 0 bridgehead atoms. The minimum atomic E-state index is 0.271. The summed E-state index contributed by atoms with van der Waals surface area (Å²) in [6.45, 7) is 4.45. The third-order valence-electron chi connectivity index (χ3n) is 4.85. The number of hydrogen-bond acceptors (Lipinski definition) is 3. The maximum Gasteiger partial charge on any atom is 0.227 e. The van der Waals surface area contributed by atoms with E-state index >= 15 is 0 Å². The van der Waals surface area contributed by atoms with Crippen LogP contribution in [0.2, 0.25) is 0 Å². The molecule has 4 nitrogen and oxygen atoms in total. The molecule has 1 saturated heterocycles. The van der Waals surface area contributed by atoms with Crippen molar-refractivity contribution in [1.29, 1.82) is 0 Å². The molecule has 1 N–H and O–H groups in total. The number of carbonyl (C=O) groups excluding carboxylic acids is 1. The zero-order valence-corrected chi connectivity index (χ0v) is 13.4. The minimum absolute atomic E-state index is 0.271. The number of piperidine rings is 1. The van der Waals surface area contributed by atoms with Crippen LogP contribution in [-0.2, 0) is 28.9 Å². The van der Waals surface area contributed by atoms with Gasteiger partial charge in [-0.15, -0.1) is 0 Å². The summed E-state index contributed by atoms with van der Waals surface area (Å²) < 4.78 is 5.26. The van der Waals surface area contributed by atoms with E-state index in [2.05, 4.69) is 23.5 Å². The van der Waals surface area contributed by atoms with Gasteiger partial charge in [0.25, 0.3) is 0 Å². The Hall–Kier alpha value is -1.39. The van der Waals surface area contributed by atoms with Crippen molar-refractivity contribution in [1.82, 2.24) is 10.2 Å². The van der Waals surface area contributed by atoms with Crippen molar-refractivity contribution >= 4 is 5.91 Å². The number of fused-ring (bicyclic) bond motifs is 1. The molecular weight excluding hydrogens is 276 g/mol. The fourth-order valence-corrected chi connectivity index (χ4v) is 3.71. The maximum atomic E-state index is 12.7. The third kappa shape index (κ3) is 3.50. The summed E-state index contributed by atoms with van der Waals surface area (Å²) in [6, 6.07) is 6.38. The highest BCUT2D eigenvalue weighted by Crippen LogP contribution is 2.22. The first-order chi connectivity index (χ1) is 10.8. The Kier molecular flexibility index (Phi) is 5.11. The number of nitrogens with one attached hydrogen (secondary N) is 1. The van der Waals surface area contributed by atoms with Crippen LogP contribution in [0.3, 0.4) is 0 Å². The summed E-state index contributed by atoms with van der Waals surface area (Å²) >= 11 is 0. The molecule has 3 rings (SSSR count). The number of methoxy groups -OCH3 is 1. The van der Waals surface area contributed by atoms with Crippen LogP contribution in [0, 0.1) is 5.92 Å². The molecule has 1 atom stereocenters. The van der Waals surface area contributed by atoms with Crippen molar-refractivity contribution in [3.8, 4) is 0 Å². The van der Waals surface area contributed by atoms with E-state index in [-0.39, 0.29) is 5.91 Å². The summed E-state index contributed by atoms with van der Waals surface area (Å²) in [5, 5.41) is 3.40. The largest absolute Gasteiger partial charge is 0.384 e. The Morgan fingerprint density at radius 2 is 2.36 bits per heavy atom. The fraction of sp³-hybridized carbons (Fsp3) is 0.611. The van der Waals surface area contributed by atoms with Crippen molar-refractivity contribution < 1.29 is 9.53 Å². The van der Waals surface area contributed by atoms with Gasteiger partial charge in [-0.1, -0.05) is 18.2 Å². The first kappa shape index (κ1) is 15.5. The van der Waals surface area contributed by atoms with Crippen LogP contribution in [0.25, 0.3) is 0 Å². The molecular formula is C18H26N2O2. The lowest BCUT2D eigenvalue weighted by Crippen LogP contribution is -2.42. The highest BCUT2D eigenvalue weighted by molar-refractivity contribution is 5.79. The number of ether oxygens (including phenoxy) is 1. The van der Waals surface area contributed by atoms with E-state index < -0.39 is 0 Å². The molecule has 1 unspecified atom stereocenters. The first-order valence-corrected chi connectivity index (χ1v) is 8.35. The monoisotopic (exact) mass is 302 g/mol. The van der Waals surface area contributed by atoms with Crippen molar-refractivity contribution in [3.63, 3.8) is 0 Å². The van der Waals surface area contributed by atoms with Gasteiger partial charge in [-0.25, -0.2) is 0 Å². The van der Waals surface area contributed by atoms with Gasteiger partial charge in [-0.3, -0.25) is 4.79 Å². The van der Waals surface area contributed by atoms with Crippen molar-refractivity contribution in [2.45, 2.75) is 32.2 Å². The van der Waals surface area contributed by atoms with Crippen molar-refractivity contribution in [2.75, 3.05) is 33.4 Å². The van der Waals surface area contributed by atoms with Gasteiger partial charge < -0.3 is 15.0 Å². The third-order valence-corrected chi connectivity index (χ3v) is 4.85. The van der Waals surface area contributed by atoms with Crippen LogP contribution in [-0.4, -0.2) is 44.2 Å². The van der Waals surface area contributed by atoms with Gasteiger partial charge in [0.15, 0.2) is 0 Å². The molecule has 0 radical (unpaired) electrons. The van der Waals surface area contributed by atoms with Gasteiger partial charge >= 0.3 is 0 Å². The number of carbonyl (C=O) groups is 1. The minimum Gasteiger partial charge on any atom is -0.384 e. The van der Waals surface area contributed by atoms with E-state index in [4.69, 9.17) is 4.74 Å². The fourth-order valence-electron chi connectivity index (χ4n) is 3.71. The van der Waals surface area contributed by atoms with Gasteiger partial charge in [-0.2, -0.15) is 0 Å². The topological polar surface area (TPSA) is 41.6 Å². The Morgan fingerprint density at radius 3 is 3.23 bits per heavy atom. The molecule has 0 saturated carbocycles. The molecule has 2 heterocycles. The van der Waals surface area contributed by atoms with E-state index in [1.54, 1.807) is 7.11 Å². The molecule has 0 aromatic heterocycles. The van der Waals surface area contributed by atoms with E-state index in [0.717, 1.165) is 45.6 Å². The van der Waals surface area contributed by atoms with E-state index in [1.165, 1.54) is 23.1 Å². The average molecular weight is 302 g/mol. The number of benzene rings is 1. The van der Waals surface area contributed by atoms with E-state index in [0.29, 0.717) is 12.3 Å². The lowest BCUT2D eigenvalue weighted by molar-refractivity contribution is -0.132. The Balaban J connectivity index is 1.67. The summed E-state index contributed by atoms with van der Waals surface area (Å²) in [4.78, 5) is 14.7. The van der Waals surface area contributed by atoms with Gasteiger partial charge in [0, 0.05) is 26.7 Å². The molecule has 2 aliphatic rings. The Bertz CT molecular complexity index is 528. The number of rotatable bonds is 4. The summed E-state index contributed by atoms with van der Waals surface area (Å²) in [7, 11) is 1.74. The molecule has 0 aliphatic carbocycles. The number of likely N-dealkylation sites (tertiary alicyclic amines) is 1. The second kappa shape index (κ2) is 7.25. The van der Waals surface area contributed by atoms with Crippen LogP contribution in [0.15, 0.2) is 18.2 Å². The Morgan fingerprint density at radius 1 is 1.45 bits per heavy atom. The standard InChI is InChI=1S/C18H26N2O2/c1-22-13-14-4-3-9-20(12-14)18(21)10-15-5-2-6-16-11-19-8-7-17(15)16/h2,5-6,14,19H,3-4,7-13H2,1H3. The highest BCUT2D eigenvalue weighted by Gasteiger charge is 2.24. The summed E-state index contributed by atoms with van der Waals surface area (Å²) in [6.07, 6.45) is 3.84. The quantitative estimate of drug-likeness (QED) is 0.921. The molecule has 4 heteroatoms.